The van der Waals surface area contributed by atoms with E-state index in [9.17, 15) is 0 Å². The maximum absolute atomic E-state index is 5.46. The van der Waals surface area contributed by atoms with Gasteiger partial charge in [0.2, 0.25) is 0 Å². The van der Waals surface area contributed by atoms with Crippen LogP contribution in [0, 0.1) is 0 Å². The Hall–Kier alpha value is -0.0500. The normalized spacial score (nSPS) is 11.9. The number of hydrogen-bond acceptors (Lipinski definition) is 2. The molecule has 9 heavy (non-hydrogen) atoms. The SMILES string of the molecule is C=C(C)COC(C)Cl.N. The third kappa shape index (κ3) is 11.5. The van der Waals surface area contributed by atoms with Gasteiger partial charge in [-0.2, -0.15) is 0 Å². The second kappa shape index (κ2) is 6.08. The fourth-order valence-corrected chi connectivity index (χ4v) is 0.320. The van der Waals surface area contributed by atoms with Crippen molar-refractivity contribution in [3.8, 4) is 0 Å². The van der Waals surface area contributed by atoms with Gasteiger partial charge in [-0.3, -0.25) is 0 Å². The van der Waals surface area contributed by atoms with E-state index in [1.54, 1.807) is 6.92 Å². The van der Waals surface area contributed by atoms with Crippen LogP contribution < -0.4 is 6.15 Å². The standard InChI is InChI=1S/C6H11ClO.H3N/c1-5(2)4-8-6(3)7;/h6H,1,4H2,2-3H3;1H3. The molecule has 0 aromatic rings. The number of hydrogen-bond donors (Lipinski definition) is 1. The van der Waals surface area contributed by atoms with Gasteiger partial charge in [0.05, 0.1) is 6.61 Å². The molecule has 0 fully saturated rings. The van der Waals surface area contributed by atoms with Crippen LogP contribution in [-0.4, -0.2) is 12.2 Å². The van der Waals surface area contributed by atoms with Crippen LogP contribution in [0.1, 0.15) is 13.8 Å². The maximum Gasteiger partial charge on any atom is 0.128 e. The fraction of sp³-hybridized carbons (Fsp3) is 0.667. The van der Waals surface area contributed by atoms with E-state index in [1.165, 1.54) is 0 Å². The topological polar surface area (TPSA) is 44.2 Å². The summed E-state index contributed by atoms with van der Waals surface area (Å²) in [6.45, 7) is 7.89. The lowest BCUT2D eigenvalue weighted by Gasteiger charge is -2.03. The van der Waals surface area contributed by atoms with Crippen molar-refractivity contribution in [2.45, 2.75) is 19.4 Å². The van der Waals surface area contributed by atoms with Gasteiger partial charge in [0.25, 0.3) is 0 Å². The Balaban J connectivity index is 0. The van der Waals surface area contributed by atoms with Gasteiger partial charge in [0, 0.05) is 0 Å². The van der Waals surface area contributed by atoms with Crippen molar-refractivity contribution < 1.29 is 4.74 Å². The van der Waals surface area contributed by atoms with Crippen LogP contribution in [0.2, 0.25) is 0 Å². The predicted molar refractivity (Wildman–Crippen MR) is 41.1 cm³/mol. The Labute approximate surface area is 61.4 Å². The molecule has 1 unspecified atom stereocenters. The minimum Gasteiger partial charge on any atom is -0.358 e. The maximum atomic E-state index is 5.46. The first-order chi connectivity index (χ1) is 3.63. The van der Waals surface area contributed by atoms with Crippen LogP contribution >= 0.6 is 11.6 Å². The zero-order valence-electron chi connectivity index (χ0n) is 5.98. The van der Waals surface area contributed by atoms with Crippen molar-refractivity contribution in [2.24, 2.45) is 0 Å². The minimum absolute atomic E-state index is 0. The van der Waals surface area contributed by atoms with Gasteiger partial charge in [0.15, 0.2) is 0 Å². The first-order valence-corrected chi connectivity index (χ1v) is 2.96. The summed E-state index contributed by atoms with van der Waals surface area (Å²) in [5, 5.41) is 0. The van der Waals surface area contributed by atoms with Crippen molar-refractivity contribution in [2.75, 3.05) is 6.61 Å². The van der Waals surface area contributed by atoms with E-state index in [2.05, 4.69) is 6.58 Å². The van der Waals surface area contributed by atoms with Gasteiger partial charge >= 0.3 is 0 Å². The molecule has 0 aromatic carbocycles. The van der Waals surface area contributed by atoms with Crippen molar-refractivity contribution in [3.05, 3.63) is 12.2 Å². The second-order valence-corrected chi connectivity index (χ2v) is 2.43. The summed E-state index contributed by atoms with van der Waals surface area (Å²) in [5.74, 6) is 0. The number of ether oxygens (including phenoxy) is 1. The average Bonchev–Trinajstić information content (AvgIpc) is 1.61. The van der Waals surface area contributed by atoms with Crippen LogP contribution in [0.3, 0.4) is 0 Å². The molecule has 0 rings (SSSR count). The average molecular weight is 152 g/mol. The lowest BCUT2D eigenvalue weighted by atomic mass is 10.4. The van der Waals surface area contributed by atoms with Crippen molar-refractivity contribution in [1.82, 2.24) is 6.15 Å². The summed E-state index contributed by atoms with van der Waals surface area (Å²) in [7, 11) is 0. The third-order valence-electron chi connectivity index (χ3n) is 0.559. The van der Waals surface area contributed by atoms with Gasteiger partial charge in [-0.15, -0.1) is 0 Å². The van der Waals surface area contributed by atoms with Crippen molar-refractivity contribution in [1.29, 1.82) is 0 Å². The molecular formula is C6H14ClNO. The smallest absolute Gasteiger partial charge is 0.128 e. The summed E-state index contributed by atoms with van der Waals surface area (Å²) >= 11 is 5.46. The quantitative estimate of drug-likeness (QED) is 0.497. The first kappa shape index (κ1) is 11.7. The predicted octanol–water partition coefficient (Wildman–Crippen LogP) is 2.33. The van der Waals surface area contributed by atoms with Crippen molar-refractivity contribution >= 4 is 11.6 Å². The lowest BCUT2D eigenvalue weighted by molar-refractivity contribution is 0.141. The van der Waals surface area contributed by atoms with Crippen LogP contribution in [0.25, 0.3) is 0 Å². The highest BCUT2D eigenvalue weighted by molar-refractivity contribution is 6.19. The van der Waals surface area contributed by atoms with E-state index in [-0.39, 0.29) is 11.7 Å². The molecule has 0 heterocycles. The molecule has 0 aromatic heterocycles. The summed E-state index contributed by atoms with van der Waals surface area (Å²) in [5.41, 5.74) is 0.796. The molecule has 0 saturated carbocycles. The molecule has 0 aliphatic rings. The van der Waals surface area contributed by atoms with E-state index in [1.807, 2.05) is 6.92 Å². The highest BCUT2D eigenvalue weighted by Gasteiger charge is 1.92. The fourth-order valence-electron chi connectivity index (χ4n) is 0.257. The highest BCUT2D eigenvalue weighted by Crippen LogP contribution is 1.97. The monoisotopic (exact) mass is 151 g/mol. The second-order valence-electron chi connectivity index (χ2n) is 1.81. The van der Waals surface area contributed by atoms with Gasteiger partial charge in [-0.05, 0) is 13.8 Å². The van der Waals surface area contributed by atoms with Crippen LogP contribution in [0.4, 0.5) is 0 Å². The molecule has 2 nitrogen and oxygen atoms in total. The summed E-state index contributed by atoms with van der Waals surface area (Å²) in [6, 6.07) is 0. The highest BCUT2D eigenvalue weighted by atomic mass is 35.5. The minimum atomic E-state index is -0.202. The molecule has 3 heteroatoms. The summed E-state index contributed by atoms with van der Waals surface area (Å²) < 4.78 is 4.97. The summed E-state index contributed by atoms with van der Waals surface area (Å²) in [6.07, 6.45) is 0. The van der Waals surface area contributed by atoms with E-state index in [4.69, 9.17) is 16.3 Å². The Kier molecular flexibility index (Phi) is 7.91. The Bertz CT molecular complexity index is 83.1. The molecule has 0 saturated heterocycles. The zero-order valence-corrected chi connectivity index (χ0v) is 6.74. The number of halogens is 1. The molecule has 56 valence electrons. The van der Waals surface area contributed by atoms with Gasteiger partial charge in [0.1, 0.15) is 5.56 Å². The Morgan fingerprint density at radius 2 is 2.22 bits per heavy atom. The van der Waals surface area contributed by atoms with E-state index in [0.29, 0.717) is 6.61 Å². The van der Waals surface area contributed by atoms with Crippen molar-refractivity contribution in [3.63, 3.8) is 0 Å². The molecule has 0 amide bonds. The molecule has 0 aliphatic heterocycles. The molecule has 1 atom stereocenters. The molecule has 0 spiro atoms. The summed E-state index contributed by atoms with van der Waals surface area (Å²) in [4.78, 5) is 0. The van der Waals surface area contributed by atoms with E-state index >= 15 is 0 Å². The first-order valence-electron chi connectivity index (χ1n) is 2.53. The molecular weight excluding hydrogens is 138 g/mol. The van der Waals surface area contributed by atoms with Gasteiger partial charge in [-0.25, -0.2) is 0 Å². The molecule has 0 radical (unpaired) electrons. The van der Waals surface area contributed by atoms with Crippen LogP contribution in [-0.2, 0) is 4.74 Å². The third-order valence-corrected chi connectivity index (χ3v) is 0.685. The van der Waals surface area contributed by atoms with Crippen LogP contribution in [0.5, 0.6) is 0 Å². The van der Waals surface area contributed by atoms with Gasteiger partial charge in [-0.1, -0.05) is 23.8 Å². The van der Waals surface area contributed by atoms with Crippen LogP contribution in [0.15, 0.2) is 12.2 Å². The largest absolute Gasteiger partial charge is 0.358 e. The zero-order chi connectivity index (χ0) is 6.57. The number of rotatable bonds is 3. The number of alkyl halides is 1. The Morgan fingerprint density at radius 3 is 2.33 bits per heavy atom. The lowest BCUT2D eigenvalue weighted by Crippen LogP contribution is -2.00. The van der Waals surface area contributed by atoms with Gasteiger partial charge < -0.3 is 10.9 Å². The molecule has 3 N–H and O–H groups in total. The molecule has 0 bridgehead atoms. The van der Waals surface area contributed by atoms with E-state index in [0.717, 1.165) is 5.57 Å². The van der Waals surface area contributed by atoms with E-state index < -0.39 is 0 Å². The Morgan fingerprint density at radius 1 is 1.78 bits per heavy atom. The molecule has 0 aliphatic carbocycles.